The third-order valence-electron chi connectivity index (χ3n) is 6.67. The molecule has 4 aromatic rings. The SMILES string of the molecule is C/C(=C\c1ccc2c(c1)N(S(=O)(=O)c1cccc(C(F)(F)F)c1)C[C@H](CCn1ccnc1)O2)c1c(F)cccc1Cl. The van der Waals surface area contributed by atoms with Gasteiger partial charge in [0.15, 0.2) is 0 Å². The molecule has 0 radical (unpaired) electrons. The van der Waals surface area contributed by atoms with Gasteiger partial charge in [-0.25, -0.2) is 17.8 Å². The maximum atomic E-state index is 14.5. The van der Waals surface area contributed by atoms with E-state index in [-0.39, 0.29) is 28.6 Å². The summed E-state index contributed by atoms with van der Waals surface area (Å²) in [5, 5.41) is 0.217. The molecule has 0 N–H and O–H groups in total. The van der Waals surface area contributed by atoms with Crippen LogP contribution in [0.4, 0.5) is 23.2 Å². The topological polar surface area (TPSA) is 64.4 Å². The molecule has 1 aliphatic rings. The lowest BCUT2D eigenvalue weighted by atomic mass is 10.0. The predicted octanol–water partition coefficient (Wildman–Crippen LogP) is 7.30. The van der Waals surface area contributed by atoms with Crippen molar-refractivity contribution in [3.05, 3.63) is 107 Å². The second-order valence-electron chi connectivity index (χ2n) is 9.54. The van der Waals surface area contributed by atoms with Crippen molar-refractivity contribution in [1.29, 1.82) is 0 Å². The van der Waals surface area contributed by atoms with Crippen LogP contribution in [0.2, 0.25) is 5.02 Å². The molecular weight excluding hydrogens is 582 g/mol. The van der Waals surface area contributed by atoms with E-state index in [1.165, 1.54) is 12.1 Å². The number of sulfonamides is 1. The lowest BCUT2D eigenvalue weighted by Crippen LogP contribution is -2.44. The van der Waals surface area contributed by atoms with Gasteiger partial charge in [0, 0.05) is 30.9 Å². The van der Waals surface area contributed by atoms with Crippen LogP contribution >= 0.6 is 11.6 Å². The van der Waals surface area contributed by atoms with Gasteiger partial charge in [0.1, 0.15) is 17.7 Å². The highest BCUT2D eigenvalue weighted by Gasteiger charge is 2.37. The van der Waals surface area contributed by atoms with E-state index in [0.717, 1.165) is 22.5 Å². The fraction of sp³-hybridized carbons (Fsp3) is 0.207. The number of aryl methyl sites for hydroxylation is 1. The first-order chi connectivity index (χ1) is 19.4. The molecule has 0 saturated carbocycles. The quantitative estimate of drug-likeness (QED) is 0.164. The summed E-state index contributed by atoms with van der Waals surface area (Å²) in [4.78, 5) is 3.50. The molecule has 1 aliphatic heterocycles. The number of fused-ring (bicyclic) bond motifs is 1. The van der Waals surface area contributed by atoms with Gasteiger partial charge in [0.25, 0.3) is 10.0 Å². The van der Waals surface area contributed by atoms with Gasteiger partial charge in [-0.05, 0) is 60.5 Å². The van der Waals surface area contributed by atoms with E-state index in [2.05, 4.69) is 4.98 Å². The number of ether oxygens (including phenoxy) is 1. The highest BCUT2D eigenvalue weighted by molar-refractivity contribution is 7.92. The third-order valence-corrected chi connectivity index (χ3v) is 8.76. The summed E-state index contributed by atoms with van der Waals surface area (Å²) in [5.41, 5.74) is 0.303. The van der Waals surface area contributed by atoms with Gasteiger partial charge in [0.2, 0.25) is 0 Å². The van der Waals surface area contributed by atoms with E-state index in [4.69, 9.17) is 16.3 Å². The number of nitrogens with zero attached hydrogens (tertiary/aromatic N) is 3. The minimum atomic E-state index is -4.72. The molecule has 6 nitrogen and oxygen atoms in total. The van der Waals surface area contributed by atoms with Crippen molar-refractivity contribution in [3.8, 4) is 5.75 Å². The lowest BCUT2D eigenvalue weighted by molar-refractivity contribution is -0.137. The Kier molecular flexibility index (Phi) is 7.85. The smallest absolute Gasteiger partial charge is 0.416 e. The number of anilines is 1. The highest BCUT2D eigenvalue weighted by Crippen LogP contribution is 2.40. The largest absolute Gasteiger partial charge is 0.486 e. The van der Waals surface area contributed by atoms with Crippen molar-refractivity contribution in [1.82, 2.24) is 9.55 Å². The number of hydrogen-bond donors (Lipinski definition) is 0. The standard InChI is InChI=1S/C29H24ClF4N3O3S/c1-19(28-24(30)6-3-7-25(28)31)14-20-8-9-27-26(15-20)37(17-22(40-27)10-12-36-13-11-35-18-36)41(38,39)23-5-2-4-21(16-23)29(32,33)34/h2-9,11,13-16,18,22H,10,12,17H2,1H3/b19-14+/t22-/m0/s1. The Morgan fingerprint density at radius 2 is 1.93 bits per heavy atom. The van der Waals surface area contributed by atoms with Crippen molar-refractivity contribution in [2.24, 2.45) is 0 Å². The molecule has 0 aliphatic carbocycles. The van der Waals surface area contributed by atoms with Gasteiger partial charge in [-0.1, -0.05) is 35.9 Å². The minimum absolute atomic E-state index is 0.133. The van der Waals surface area contributed by atoms with Gasteiger partial charge < -0.3 is 9.30 Å². The van der Waals surface area contributed by atoms with Crippen molar-refractivity contribution >= 4 is 39.0 Å². The first-order valence-corrected chi connectivity index (χ1v) is 14.3. The monoisotopic (exact) mass is 605 g/mol. The second-order valence-corrected chi connectivity index (χ2v) is 11.8. The number of alkyl halides is 3. The van der Waals surface area contributed by atoms with E-state index < -0.39 is 38.6 Å². The first-order valence-electron chi connectivity index (χ1n) is 12.5. The average molecular weight is 606 g/mol. The lowest BCUT2D eigenvalue weighted by Gasteiger charge is -2.36. The molecule has 1 atom stereocenters. The van der Waals surface area contributed by atoms with Crippen LogP contribution in [0.5, 0.6) is 5.75 Å². The van der Waals surface area contributed by atoms with Crippen molar-refractivity contribution in [2.45, 2.75) is 37.1 Å². The summed E-state index contributed by atoms with van der Waals surface area (Å²) in [5.74, 6) is -0.261. The summed E-state index contributed by atoms with van der Waals surface area (Å²) in [6.45, 7) is 2.02. The second kappa shape index (κ2) is 11.2. The van der Waals surface area contributed by atoms with E-state index in [9.17, 15) is 26.0 Å². The fourth-order valence-corrected chi connectivity index (χ4v) is 6.52. The summed E-state index contributed by atoms with van der Waals surface area (Å²) in [6, 6.07) is 12.8. The van der Waals surface area contributed by atoms with Crippen LogP contribution in [0, 0.1) is 5.82 Å². The summed E-state index contributed by atoms with van der Waals surface area (Å²) in [6.07, 6.45) is 1.75. The molecule has 3 aromatic carbocycles. The maximum Gasteiger partial charge on any atom is 0.416 e. The van der Waals surface area contributed by atoms with E-state index in [1.54, 1.807) is 56.0 Å². The molecule has 214 valence electrons. The van der Waals surface area contributed by atoms with E-state index in [1.807, 2.05) is 4.57 Å². The minimum Gasteiger partial charge on any atom is -0.486 e. The molecule has 2 heterocycles. The van der Waals surface area contributed by atoms with Gasteiger partial charge >= 0.3 is 6.18 Å². The zero-order valence-electron chi connectivity index (χ0n) is 21.6. The van der Waals surface area contributed by atoms with Crippen LogP contribution in [-0.2, 0) is 22.7 Å². The molecule has 0 unspecified atom stereocenters. The van der Waals surface area contributed by atoms with Crippen LogP contribution in [-0.4, -0.2) is 30.6 Å². The predicted molar refractivity (Wildman–Crippen MR) is 149 cm³/mol. The number of aromatic nitrogens is 2. The fourth-order valence-electron chi connectivity index (χ4n) is 4.67. The Labute approximate surface area is 239 Å². The molecule has 0 amide bonds. The van der Waals surface area contributed by atoms with E-state index >= 15 is 0 Å². The number of halogens is 5. The zero-order chi connectivity index (χ0) is 29.4. The number of rotatable bonds is 7. The first kappa shape index (κ1) is 28.7. The number of benzene rings is 3. The third kappa shape index (κ3) is 6.11. The maximum absolute atomic E-state index is 14.5. The van der Waals surface area contributed by atoms with Crippen molar-refractivity contribution in [3.63, 3.8) is 0 Å². The Morgan fingerprint density at radius 1 is 1.15 bits per heavy atom. The summed E-state index contributed by atoms with van der Waals surface area (Å²) >= 11 is 6.21. The van der Waals surface area contributed by atoms with Gasteiger partial charge in [-0.15, -0.1) is 0 Å². The van der Waals surface area contributed by atoms with E-state index in [0.29, 0.717) is 30.2 Å². The van der Waals surface area contributed by atoms with Gasteiger partial charge in [-0.3, -0.25) is 4.31 Å². The molecule has 0 bridgehead atoms. The van der Waals surface area contributed by atoms with Crippen LogP contribution in [0.15, 0.2) is 84.3 Å². The zero-order valence-corrected chi connectivity index (χ0v) is 23.2. The molecular formula is C29H24ClF4N3O3S. The molecule has 0 fully saturated rings. The molecule has 1 aromatic heterocycles. The Morgan fingerprint density at radius 3 is 2.63 bits per heavy atom. The average Bonchev–Trinajstić information content (AvgIpc) is 3.45. The van der Waals surface area contributed by atoms with Crippen molar-refractivity contribution in [2.75, 3.05) is 10.8 Å². The number of imidazole rings is 1. The van der Waals surface area contributed by atoms with Crippen LogP contribution in [0.1, 0.15) is 30.0 Å². The molecule has 0 spiro atoms. The van der Waals surface area contributed by atoms with Gasteiger partial charge in [-0.2, -0.15) is 13.2 Å². The highest BCUT2D eigenvalue weighted by atomic mass is 35.5. The van der Waals surface area contributed by atoms with Crippen LogP contribution in [0.3, 0.4) is 0 Å². The summed E-state index contributed by atoms with van der Waals surface area (Å²) in [7, 11) is -4.44. The normalized spacial score (nSPS) is 15.9. The van der Waals surface area contributed by atoms with Crippen LogP contribution in [0.25, 0.3) is 11.6 Å². The molecule has 5 rings (SSSR count). The molecule has 41 heavy (non-hydrogen) atoms. The van der Waals surface area contributed by atoms with Crippen molar-refractivity contribution < 1.29 is 30.7 Å². The Balaban J connectivity index is 1.56. The molecule has 12 heteroatoms. The number of allylic oxidation sites excluding steroid dienone is 1. The van der Waals surface area contributed by atoms with Gasteiger partial charge in [0.05, 0.1) is 34.0 Å². The Bertz CT molecular complexity index is 1690. The molecule has 0 saturated heterocycles. The Hall–Kier alpha value is -3.83. The summed E-state index contributed by atoms with van der Waals surface area (Å²) < 4.78 is 91.5. The number of hydrogen-bond acceptors (Lipinski definition) is 4. The van der Waals surface area contributed by atoms with Crippen LogP contribution < -0.4 is 9.04 Å².